The summed E-state index contributed by atoms with van der Waals surface area (Å²) in [6.07, 6.45) is 3.08. The van der Waals surface area contributed by atoms with Gasteiger partial charge in [0, 0.05) is 24.2 Å². The molecule has 8 heteroatoms. The standard InChI is InChI=1S/C24H22N2O6/c1-4-12-25-21(16-6-8-17(9-7-16)26(30)31)20(23(28)24(25)29)22(27)19-11-10-18(14-15(19)3)32-13-5-2/h4-11,14,21,27H,1-2,12-13H2,3H3/b22-20+. The molecule has 1 aliphatic rings. The van der Waals surface area contributed by atoms with E-state index in [4.69, 9.17) is 4.74 Å². The summed E-state index contributed by atoms with van der Waals surface area (Å²) < 4.78 is 5.49. The Balaban J connectivity index is 2.13. The van der Waals surface area contributed by atoms with Crippen LogP contribution in [0.1, 0.15) is 22.7 Å². The first-order valence-corrected chi connectivity index (χ1v) is 9.78. The number of hydrogen-bond donors (Lipinski definition) is 1. The fourth-order valence-corrected chi connectivity index (χ4v) is 3.62. The molecule has 0 aliphatic carbocycles. The van der Waals surface area contributed by atoms with Crippen molar-refractivity contribution >= 4 is 23.1 Å². The van der Waals surface area contributed by atoms with Crippen molar-refractivity contribution in [1.82, 2.24) is 4.90 Å². The van der Waals surface area contributed by atoms with Crippen LogP contribution in [-0.2, 0) is 9.59 Å². The van der Waals surface area contributed by atoms with Crippen molar-refractivity contribution < 1.29 is 24.4 Å². The van der Waals surface area contributed by atoms with Crippen LogP contribution in [0.25, 0.3) is 5.76 Å². The van der Waals surface area contributed by atoms with Crippen molar-refractivity contribution in [3.8, 4) is 5.75 Å². The molecular formula is C24H22N2O6. The molecular weight excluding hydrogens is 412 g/mol. The summed E-state index contributed by atoms with van der Waals surface area (Å²) in [6, 6.07) is 9.57. The van der Waals surface area contributed by atoms with Gasteiger partial charge in [-0.2, -0.15) is 0 Å². The van der Waals surface area contributed by atoms with Crippen LogP contribution < -0.4 is 4.74 Å². The number of hydrogen-bond acceptors (Lipinski definition) is 6. The Bertz CT molecular complexity index is 1130. The van der Waals surface area contributed by atoms with E-state index in [1.54, 1.807) is 31.2 Å². The zero-order valence-electron chi connectivity index (χ0n) is 17.5. The number of nitro groups is 1. The molecule has 0 aromatic heterocycles. The maximum atomic E-state index is 12.9. The molecule has 3 rings (SSSR count). The number of non-ortho nitro benzene ring substituents is 1. The first-order valence-electron chi connectivity index (χ1n) is 9.78. The minimum Gasteiger partial charge on any atom is -0.507 e. The maximum Gasteiger partial charge on any atom is 0.295 e. The van der Waals surface area contributed by atoms with Gasteiger partial charge >= 0.3 is 0 Å². The molecule has 1 N–H and O–H groups in total. The predicted octanol–water partition coefficient (Wildman–Crippen LogP) is 4.08. The summed E-state index contributed by atoms with van der Waals surface area (Å²) in [6.45, 7) is 9.36. The Labute approximate surface area is 184 Å². The number of carbonyl (C=O) groups excluding carboxylic acids is 2. The van der Waals surface area contributed by atoms with Gasteiger partial charge in [0.25, 0.3) is 17.4 Å². The number of amides is 1. The van der Waals surface area contributed by atoms with E-state index in [2.05, 4.69) is 13.2 Å². The molecule has 1 heterocycles. The number of ether oxygens (including phenoxy) is 1. The van der Waals surface area contributed by atoms with Crippen LogP contribution in [0, 0.1) is 17.0 Å². The highest BCUT2D eigenvalue weighted by Gasteiger charge is 2.45. The Kier molecular flexibility index (Phi) is 6.53. The van der Waals surface area contributed by atoms with E-state index in [0.717, 1.165) is 0 Å². The molecule has 1 saturated heterocycles. The van der Waals surface area contributed by atoms with Gasteiger partial charge in [0.15, 0.2) is 0 Å². The van der Waals surface area contributed by atoms with E-state index in [1.165, 1.54) is 35.2 Å². The molecule has 0 saturated carbocycles. The van der Waals surface area contributed by atoms with E-state index in [1.807, 2.05) is 0 Å². The van der Waals surface area contributed by atoms with Gasteiger partial charge in [-0.25, -0.2) is 0 Å². The van der Waals surface area contributed by atoms with Gasteiger partial charge in [-0.05, 0) is 48.4 Å². The average molecular weight is 434 g/mol. The van der Waals surface area contributed by atoms with Gasteiger partial charge in [-0.3, -0.25) is 19.7 Å². The van der Waals surface area contributed by atoms with Gasteiger partial charge < -0.3 is 14.7 Å². The van der Waals surface area contributed by atoms with Gasteiger partial charge in [-0.1, -0.05) is 18.7 Å². The van der Waals surface area contributed by atoms with E-state index < -0.39 is 22.7 Å². The van der Waals surface area contributed by atoms with Gasteiger partial charge in [0.1, 0.15) is 18.1 Å². The molecule has 1 unspecified atom stereocenters. The molecule has 164 valence electrons. The number of aliphatic hydroxyl groups excluding tert-OH is 1. The number of nitro benzene ring substituents is 1. The molecule has 1 aliphatic heterocycles. The second kappa shape index (κ2) is 9.30. The number of aryl methyl sites for hydroxylation is 1. The predicted molar refractivity (Wildman–Crippen MR) is 119 cm³/mol. The van der Waals surface area contributed by atoms with Crippen molar-refractivity contribution in [2.75, 3.05) is 13.2 Å². The summed E-state index contributed by atoms with van der Waals surface area (Å²) >= 11 is 0. The SMILES string of the molecule is C=CCOc1ccc(/C(O)=C2\C(=O)C(=O)N(CC=C)C2c2ccc([N+](=O)[O-])cc2)c(C)c1. The maximum absolute atomic E-state index is 12.9. The Morgan fingerprint density at radius 1 is 1.19 bits per heavy atom. The molecule has 32 heavy (non-hydrogen) atoms. The first kappa shape index (κ1) is 22.5. The van der Waals surface area contributed by atoms with E-state index in [-0.39, 0.29) is 23.6 Å². The highest BCUT2D eigenvalue weighted by Crippen LogP contribution is 2.40. The van der Waals surface area contributed by atoms with Crippen LogP contribution in [-0.4, -0.2) is 39.8 Å². The zero-order chi connectivity index (χ0) is 23.4. The topological polar surface area (TPSA) is 110 Å². The summed E-state index contributed by atoms with van der Waals surface area (Å²) in [4.78, 5) is 37.3. The lowest BCUT2D eigenvalue weighted by molar-refractivity contribution is -0.384. The van der Waals surface area contributed by atoms with Crippen LogP contribution in [0.5, 0.6) is 5.75 Å². The van der Waals surface area contributed by atoms with E-state index in [0.29, 0.717) is 29.0 Å². The van der Waals surface area contributed by atoms with Crippen LogP contribution in [0.15, 0.2) is 73.3 Å². The third-order valence-corrected chi connectivity index (χ3v) is 5.11. The van der Waals surface area contributed by atoms with Crippen LogP contribution in [0.4, 0.5) is 5.69 Å². The summed E-state index contributed by atoms with van der Waals surface area (Å²) in [5, 5.41) is 22.1. The third-order valence-electron chi connectivity index (χ3n) is 5.11. The van der Waals surface area contributed by atoms with Crippen LogP contribution >= 0.6 is 0 Å². The average Bonchev–Trinajstić information content (AvgIpc) is 3.02. The van der Waals surface area contributed by atoms with E-state index >= 15 is 0 Å². The normalized spacial score (nSPS) is 17.3. The van der Waals surface area contributed by atoms with Crippen molar-refractivity contribution in [1.29, 1.82) is 0 Å². The van der Waals surface area contributed by atoms with Crippen molar-refractivity contribution in [3.63, 3.8) is 0 Å². The van der Waals surface area contributed by atoms with Gasteiger partial charge in [0.05, 0.1) is 16.5 Å². The molecule has 1 amide bonds. The molecule has 1 atom stereocenters. The number of Topliss-reactive ketones (excluding diaryl/α,β-unsaturated/α-hetero) is 1. The minimum absolute atomic E-state index is 0.0658. The van der Waals surface area contributed by atoms with Crippen molar-refractivity contribution in [3.05, 3.63) is 100 Å². The zero-order valence-corrected chi connectivity index (χ0v) is 17.5. The lowest BCUT2D eigenvalue weighted by Gasteiger charge is -2.24. The number of carbonyl (C=O) groups is 2. The fourth-order valence-electron chi connectivity index (χ4n) is 3.62. The number of likely N-dealkylation sites (tertiary alicyclic amines) is 1. The van der Waals surface area contributed by atoms with Crippen LogP contribution in [0.2, 0.25) is 0 Å². The summed E-state index contributed by atoms with van der Waals surface area (Å²) in [7, 11) is 0. The second-order valence-corrected chi connectivity index (χ2v) is 7.17. The smallest absolute Gasteiger partial charge is 0.295 e. The van der Waals surface area contributed by atoms with Gasteiger partial charge in [0.2, 0.25) is 0 Å². The van der Waals surface area contributed by atoms with E-state index in [9.17, 15) is 24.8 Å². The Morgan fingerprint density at radius 2 is 1.88 bits per heavy atom. The second-order valence-electron chi connectivity index (χ2n) is 7.17. The molecule has 0 bridgehead atoms. The lowest BCUT2D eigenvalue weighted by Crippen LogP contribution is -2.29. The molecule has 8 nitrogen and oxygen atoms in total. The number of aliphatic hydroxyl groups is 1. The highest BCUT2D eigenvalue weighted by atomic mass is 16.6. The highest BCUT2D eigenvalue weighted by molar-refractivity contribution is 6.46. The Hall–Kier alpha value is -4.20. The number of nitrogens with zero attached hydrogens (tertiary/aromatic N) is 2. The van der Waals surface area contributed by atoms with Gasteiger partial charge in [-0.15, -0.1) is 6.58 Å². The molecule has 1 fully saturated rings. The monoisotopic (exact) mass is 434 g/mol. The lowest BCUT2D eigenvalue weighted by atomic mass is 9.93. The summed E-state index contributed by atoms with van der Waals surface area (Å²) in [5.74, 6) is -1.37. The summed E-state index contributed by atoms with van der Waals surface area (Å²) in [5.41, 5.74) is 1.26. The quantitative estimate of drug-likeness (QED) is 0.167. The number of rotatable bonds is 8. The fraction of sp³-hybridized carbons (Fsp3) is 0.167. The first-order chi connectivity index (χ1) is 15.3. The van der Waals surface area contributed by atoms with Crippen molar-refractivity contribution in [2.24, 2.45) is 0 Å². The number of benzene rings is 2. The molecule has 2 aromatic rings. The van der Waals surface area contributed by atoms with Crippen molar-refractivity contribution in [2.45, 2.75) is 13.0 Å². The largest absolute Gasteiger partial charge is 0.507 e. The third kappa shape index (κ3) is 4.15. The molecule has 0 spiro atoms. The Morgan fingerprint density at radius 3 is 2.44 bits per heavy atom. The number of ketones is 1. The minimum atomic E-state index is -0.912. The molecule has 2 aromatic carbocycles. The molecule has 0 radical (unpaired) electrons. The van der Waals surface area contributed by atoms with Crippen LogP contribution in [0.3, 0.4) is 0 Å².